The predicted molar refractivity (Wildman–Crippen MR) is 54.0 cm³/mol. The summed E-state index contributed by atoms with van der Waals surface area (Å²) in [6.07, 6.45) is 0. The second-order valence-electron chi connectivity index (χ2n) is 3.23. The molecule has 1 aromatic heterocycles. The van der Waals surface area contributed by atoms with E-state index in [1.54, 1.807) is 19.1 Å². The minimum Gasteiger partial charge on any atom is -0.318 e. The number of aromatic nitrogens is 1. The Hall–Kier alpha value is -2.15. The molecular formula is C11H7FN2O. The first kappa shape index (κ1) is 9.41. The topological polar surface area (TPSA) is 56.6 Å². The van der Waals surface area contributed by atoms with E-state index in [4.69, 9.17) is 5.26 Å². The Morgan fingerprint density at radius 2 is 2.20 bits per heavy atom. The highest BCUT2D eigenvalue weighted by Crippen LogP contribution is 2.18. The van der Waals surface area contributed by atoms with Gasteiger partial charge in [0.2, 0.25) is 0 Å². The lowest BCUT2D eigenvalue weighted by Crippen LogP contribution is -2.12. The summed E-state index contributed by atoms with van der Waals surface area (Å²) in [5.41, 5.74) is 0.149. The Balaban J connectivity index is 3.06. The average molecular weight is 202 g/mol. The van der Waals surface area contributed by atoms with E-state index >= 15 is 0 Å². The van der Waals surface area contributed by atoms with Crippen molar-refractivity contribution in [2.45, 2.75) is 6.92 Å². The largest absolute Gasteiger partial charge is 0.318 e. The Morgan fingerprint density at radius 1 is 1.47 bits per heavy atom. The lowest BCUT2D eigenvalue weighted by atomic mass is 10.1. The van der Waals surface area contributed by atoms with E-state index in [0.29, 0.717) is 10.9 Å². The molecule has 74 valence electrons. The van der Waals surface area contributed by atoms with E-state index in [2.05, 4.69) is 4.98 Å². The van der Waals surface area contributed by atoms with Gasteiger partial charge in [-0.1, -0.05) is 12.1 Å². The summed E-state index contributed by atoms with van der Waals surface area (Å²) >= 11 is 0. The number of nitriles is 1. The van der Waals surface area contributed by atoms with Crippen molar-refractivity contribution in [1.82, 2.24) is 4.98 Å². The fourth-order valence-electron chi connectivity index (χ4n) is 1.58. The van der Waals surface area contributed by atoms with E-state index in [9.17, 15) is 9.18 Å². The van der Waals surface area contributed by atoms with Crippen molar-refractivity contribution in [3.05, 3.63) is 45.5 Å². The summed E-state index contributed by atoms with van der Waals surface area (Å²) in [6.45, 7) is 1.63. The van der Waals surface area contributed by atoms with Crippen LogP contribution in [0.4, 0.5) is 4.39 Å². The van der Waals surface area contributed by atoms with E-state index in [1.165, 1.54) is 6.07 Å². The summed E-state index contributed by atoms with van der Waals surface area (Å²) < 4.78 is 13.3. The van der Waals surface area contributed by atoms with Crippen LogP contribution in [0.3, 0.4) is 0 Å². The van der Waals surface area contributed by atoms with Crippen molar-refractivity contribution >= 4 is 10.9 Å². The molecule has 4 heteroatoms. The lowest BCUT2D eigenvalue weighted by molar-refractivity contribution is 0.636. The van der Waals surface area contributed by atoms with Gasteiger partial charge in [0.1, 0.15) is 17.4 Å². The van der Waals surface area contributed by atoms with Gasteiger partial charge < -0.3 is 4.98 Å². The smallest absolute Gasteiger partial charge is 0.266 e. The van der Waals surface area contributed by atoms with Gasteiger partial charge in [-0.3, -0.25) is 4.79 Å². The standard InChI is InChI=1S/C11H7FN2O/c1-6-7-3-2-4-9(12)10(7)14-11(15)8(6)5-13/h2-4H,1H3,(H,14,15). The van der Waals surface area contributed by atoms with Crippen LogP contribution in [0.2, 0.25) is 0 Å². The number of nitrogens with zero attached hydrogens (tertiary/aromatic N) is 1. The number of fused-ring (bicyclic) bond motifs is 1. The average Bonchev–Trinajstić information content (AvgIpc) is 2.20. The molecule has 0 aliphatic rings. The maximum Gasteiger partial charge on any atom is 0.266 e. The summed E-state index contributed by atoms with van der Waals surface area (Å²) in [5.74, 6) is -0.489. The number of hydrogen-bond acceptors (Lipinski definition) is 2. The van der Waals surface area contributed by atoms with Gasteiger partial charge in [0.05, 0.1) is 5.52 Å². The first-order valence-corrected chi connectivity index (χ1v) is 4.36. The van der Waals surface area contributed by atoms with Crippen molar-refractivity contribution in [2.24, 2.45) is 0 Å². The molecule has 0 aliphatic heterocycles. The number of halogens is 1. The van der Waals surface area contributed by atoms with Crippen molar-refractivity contribution in [2.75, 3.05) is 0 Å². The predicted octanol–water partition coefficient (Wildman–Crippen LogP) is 1.85. The highest BCUT2D eigenvalue weighted by atomic mass is 19.1. The molecule has 1 aromatic carbocycles. The fourth-order valence-corrected chi connectivity index (χ4v) is 1.58. The molecule has 2 aromatic rings. The van der Waals surface area contributed by atoms with E-state index in [0.717, 1.165) is 0 Å². The maximum absolute atomic E-state index is 13.3. The maximum atomic E-state index is 13.3. The number of hydrogen-bond donors (Lipinski definition) is 1. The third kappa shape index (κ3) is 1.29. The number of aryl methyl sites for hydroxylation is 1. The van der Waals surface area contributed by atoms with Crippen molar-refractivity contribution in [1.29, 1.82) is 5.26 Å². The number of pyridine rings is 1. The lowest BCUT2D eigenvalue weighted by Gasteiger charge is -2.03. The van der Waals surface area contributed by atoms with Crippen molar-refractivity contribution in [3.63, 3.8) is 0 Å². The molecule has 0 fully saturated rings. The van der Waals surface area contributed by atoms with Gasteiger partial charge in [-0.25, -0.2) is 4.39 Å². The summed E-state index contributed by atoms with van der Waals surface area (Å²) in [7, 11) is 0. The Labute approximate surface area is 84.8 Å². The quantitative estimate of drug-likeness (QED) is 0.708. The normalized spacial score (nSPS) is 10.2. The molecule has 2 rings (SSSR count). The molecule has 0 unspecified atom stereocenters. The van der Waals surface area contributed by atoms with Crippen LogP contribution in [0.25, 0.3) is 10.9 Å². The Kier molecular flexibility index (Phi) is 2.01. The molecule has 0 aliphatic carbocycles. The van der Waals surface area contributed by atoms with Gasteiger partial charge in [0.15, 0.2) is 0 Å². The number of aromatic amines is 1. The molecule has 0 saturated carbocycles. The van der Waals surface area contributed by atoms with Crippen LogP contribution < -0.4 is 5.56 Å². The van der Waals surface area contributed by atoms with Crippen LogP contribution in [-0.4, -0.2) is 4.98 Å². The van der Waals surface area contributed by atoms with Crippen LogP contribution in [-0.2, 0) is 0 Å². The molecule has 0 bridgehead atoms. The Bertz CT molecular complexity index is 637. The zero-order valence-electron chi connectivity index (χ0n) is 7.97. The molecule has 0 atom stereocenters. The third-order valence-corrected chi connectivity index (χ3v) is 2.37. The number of para-hydroxylation sites is 1. The van der Waals surface area contributed by atoms with E-state index in [-0.39, 0.29) is 11.1 Å². The summed E-state index contributed by atoms with van der Waals surface area (Å²) in [5, 5.41) is 9.33. The molecule has 0 radical (unpaired) electrons. The van der Waals surface area contributed by atoms with Gasteiger partial charge in [-0.15, -0.1) is 0 Å². The molecule has 3 nitrogen and oxygen atoms in total. The van der Waals surface area contributed by atoms with Crippen molar-refractivity contribution < 1.29 is 4.39 Å². The summed E-state index contributed by atoms with van der Waals surface area (Å²) in [4.78, 5) is 13.8. The second kappa shape index (κ2) is 3.21. The third-order valence-electron chi connectivity index (χ3n) is 2.37. The molecular weight excluding hydrogens is 195 g/mol. The zero-order chi connectivity index (χ0) is 11.0. The number of nitrogens with one attached hydrogen (secondary N) is 1. The van der Waals surface area contributed by atoms with Gasteiger partial charge in [0, 0.05) is 5.39 Å². The number of H-pyrrole nitrogens is 1. The first-order chi connectivity index (χ1) is 7.15. The van der Waals surface area contributed by atoms with Crippen LogP contribution in [0.15, 0.2) is 23.0 Å². The van der Waals surface area contributed by atoms with Gasteiger partial charge in [0.25, 0.3) is 5.56 Å². The molecule has 1 N–H and O–H groups in total. The van der Waals surface area contributed by atoms with Crippen molar-refractivity contribution in [3.8, 4) is 6.07 Å². The zero-order valence-corrected chi connectivity index (χ0v) is 7.97. The number of rotatable bonds is 0. The Morgan fingerprint density at radius 3 is 2.87 bits per heavy atom. The van der Waals surface area contributed by atoms with Crippen LogP contribution >= 0.6 is 0 Å². The second-order valence-corrected chi connectivity index (χ2v) is 3.23. The van der Waals surface area contributed by atoms with E-state index < -0.39 is 11.4 Å². The van der Waals surface area contributed by atoms with Crippen LogP contribution in [0, 0.1) is 24.1 Å². The van der Waals surface area contributed by atoms with Gasteiger partial charge in [-0.2, -0.15) is 5.26 Å². The molecule has 1 heterocycles. The fraction of sp³-hybridized carbons (Fsp3) is 0.0909. The minimum absolute atomic E-state index is 0.0353. The van der Waals surface area contributed by atoms with Crippen LogP contribution in [0.1, 0.15) is 11.1 Å². The number of benzene rings is 1. The van der Waals surface area contributed by atoms with Crippen LogP contribution in [0.5, 0.6) is 0 Å². The van der Waals surface area contributed by atoms with Gasteiger partial charge in [-0.05, 0) is 18.6 Å². The monoisotopic (exact) mass is 202 g/mol. The highest BCUT2D eigenvalue weighted by molar-refractivity contribution is 5.83. The van der Waals surface area contributed by atoms with E-state index in [1.807, 2.05) is 6.07 Å². The summed E-state index contributed by atoms with van der Waals surface area (Å²) in [6, 6.07) is 6.29. The minimum atomic E-state index is -0.549. The SMILES string of the molecule is Cc1c(C#N)c(=O)[nH]c2c(F)cccc12. The van der Waals surface area contributed by atoms with Gasteiger partial charge >= 0.3 is 0 Å². The molecule has 0 saturated heterocycles. The molecule has 15 heavy (non-hydrogen) atoms. The molecule has 0 amide bonds. The molecule has 0 spiro atoms. The highest BCUT2D eigenvalue weighted by Gasteiger charge is 2.10. The first-order valence-electron chi connectivity index (χ1n) is 4.36.